The molecule has 2 aromatic rings. The van der Waals surface area contributed by atoms with Crippen LogP contribution in [0.4, 0.5) is 0 Å². The normalized spacial score (nSPS) is 11.3. The van der Waals surface area contributed by atoms with Gasteiger partial charge in [-0.25, -0.2) is 8.42 Å². The summed E-state index contributed by atoms with van der Waals surface area (Å²) in [5, 5.41) is 9.27. The Labute approximate surface area is 143 Å². The zero-order chi connectivity index (χ0) is 17.2. The van der Waals surface area contributed by atoms with Crippen molar-refractivity contribution in [1.82, 2.24) is 0 Å². The fourth-order valence-corrected chi connectivity index (χ4v) is 3.06. The second-order valence-electron chi connectivity index (χ2n) is 4.83. The Morgan fingerprint density at radius 1 is 1.17 bits per heavy atom. The van der Waals surface area contributed by atoms with Gasteiger partial charge >= 0.3 is 5.97 Å². The van der Waals surface area contributed by atoms with Crippen molar-refractivity contribution in [3.63, 3.8) is 0 Å². The highest BCUT2D eigenvalue weighted by Crippen LogP contribution is 2.33. The van der Waals surface area contributed by atoms with E-state index >= 15 is 0 Å². The van der Waals surface area contributed by atoms with Crippen LogP contribution in [0.5, 0.6) is 11.5 Å². The van der Waals surface area contributed by atoms with Gasteiger partial charge in [0.15, 0.2) is 9.84 Å². The van der Waals surface area contributed by atoms with Gasteiger partial charge in [0, 0.05) is 11.3 Å². The van der Waals surface area contributed by atoms with Crippen LogP contribution in [0.25, 0.3) is 0 Å². The molecule has 5 nitrogen and oxygen atoms in total. The van der Waals surface area contributed by atoms with E-state index in [9.17, 15) is 13.2 Å². The third-order valence-corrected chi connectivity index (χ3v) is 4.47. The molecule has 0 fully saturated rings. The molecule has 2 aromatic carbocycles. The van der Waals surface area contributed by atoms with Crippen LogP contribution in [0.15, 0.2) is 41.3 Å². The molecule has 0 aliphatic rings. The minimum absolute atomic E-state index is 0.0764. The summed E-state index contributed by atoms with van der Waals surface area (Å²) in [7, 11) is -3.37. The van der Waals surface area contributed by atoms with Crippen LogP contribution in [-0.4, -0.2) is 25.7 Å². The molecular formula is C15H12Cl2O5S. The largest absolute Gasteiger partial charge is 0.481 e. The van der Waals surface area contributed by atoms with Gasteiger partial charge in [-0.15, -0.1) is 0 Å². The van der Waals surface area contributed by atoms with Crippen molar-refractivity contribution in [3.05, 3.63) is 52.0 Å². The minimum atomic E-state index is -3.37. The third kappa shape index (κ3) is 4.86. The third-order valence-electron chi connectivity index (χ3n) is 2.85. The number of halogens is 2. The second-order valence-corrected chi connectivity index (χ2v) is 7.69. The molecule has 8 heteroatoms. The lowest BCUT2D eigenvalue weighted by molar-refractivity contribution is -0.136. The summed E-state index contributed by atoms with van der Waals surface area (Å²) in [6.07, 6.45) is 0.881. The molecule has 0 radical (unpaired) electrons. The number of carbonyl (C=O) groups is 1. The molecule has 0 unspecified atom stereocenters. The minimum Gasteiger partial charge on any atom is -0.481 e. The summed E-state index contributed by atoms with van der Waals surface area (Å²) < 4.78 is 28.5. The molecule has 0 saturated heterocycles. The number of carboxylic acids is 1. The van der Waals surface area contributed by atoms with Crippen LogP contribution >= 0.6 is 23.2 Å². The van der Waals surface area contributed by atoms with Gasteiger partial charge < -0.3 is 9.84 Å². The summed E-state index contributed by atoms with van der Waals surface area (Å²) in [6, 6.07) is 8.65. The highest BCUT2D eigenvalue weighted by atomic mass is 35.5. The fourth-order valence-electron chi connectivity index (χ4n) is 1.88. The SMILES string of the molecule is CS(=O)(=O)c1ccc(Oc2cc(Cl)cc(CC(=O)O)c2)c(Cl)c1. The van der Waals surface area contributed by atoms with E-state index in [4.69, 9.17) is 33.0 Å². The Bertz CT molecular complexity index is 862. The van der Waals surface area contributed by atoms with Gasteiger partial charge in [0.1, 0.15) is 11.5 Å². The maximum absolute atomic E-state index is 11.5. The standard InChI is InChI=1S/C15H12Cl2O5S/c1-23(20,21)12-2-3-14(13(17)8-12)22-11-5-9(6-15(18)19)4-10(16)7-11/h2-5,7-8H,6H2,1H3,(H,18,19). The van der Waals surface area contributed by atoms with Gasteiger partial charge in [-0.3, -0.25) is 4.79 Å². The molecular weight excluding hydrogens is 363 g/mol. The average Bonchev–Trinajstić information content (AvgIpc) is 2.38. The zero-order valence-corrected chi connectivity index (χ0v) is 14.2. The Kier molecular flexibility index (Phi) is 5.19. The molecule has 23 heavy (non-hydrogen) atoms. The molecule has 0 aliphatic heterocycles. The summed E-state index contributed by atoms with van der Waals surface area (Å²) in [4.78, 5) is 10.8. The van der Waals surface area contributed by atoms with E-state index in [1.807, 2.05) is 0 Å². The van der Waals surface area contributed by atoms with Crippen molar-refractivity contribution in [2.24, 2.45) is 0 Å². The van der Waals surface area contributed by atoms with Gasteiger partial charge in [0.2, 0.25) is 0 Å². The van der Waals surface area contributed by atoms with Crippen molar-refractivity contribution in [2.45, 2.75) is 11.3 Å². The smallest absolute Gasteiger partial charge is 0.307 e. The average molecular weight is 375 g/mol. The summed E-state index contributed by atoms with van der Waals surface area (Å²) in [5.41, 5.74) is 0.476. The number of aliphatic carboxylic acids is 1. The number of sulfone groups is 1. The van der Waals surface area contributed by atoms with Crippen molar-refractivity contribution in [3.8, 4) is 11.5 Å². The lowest BCUT2D eigenvalue weighted by Gasteiger charge is -2.10. The van der Waals surface area contributed by atoms with E-state index in [0.717, 1.165) is 6.26 Å². The lowest BCUT2D eigenvalue weighted by Crippen LogP contribution is -2.00. The molecule has 0 amide bonds. The van der Waals surface area contributed by atoms with Crippen LogP contribution in [-0.2, 0) is 21.1 Å². The van der Waals surface area contributed by atoms with Crippen LogP contribution in [0.1, 0.15) is 5.56 Å². The zero-order valence-electron chi connectivity index (χ0n) is 11.9. The van der Waals surface area contributed by atoms with Gasteiger partial charge in [0.05, 0.1) is 16.3 Å². The van der Waals surface area contributed by atoms with E-state index in [1.165, 1.54) is 36.4 Å². The highest BCUT2D eigenvalue weighted by molar-refractivity contribution is 7.90. The van der Waals surface area contributed by atoms with E-state index in [2.05, 4.69) is 0 Å². The maximum Gasteiger partial charge on any atom is 0.307 e. The molecule has 1 N–H and O–H groups in total. The summed E-state index contributed by atoms with van der Waals surface area (Å²) in [6.45, 7) is 0. The first-order valence-corrected chi connectivity index (χ1v) is 8.98. The summed E-state index contributed by atoms with van der Waals surface area (Å²) >= 11 is 12.0. The van der Waals surface area contributed by atoms with Crippen LogP contribution in [0.3, 0.4) is 0 Å². The van der Waals surface area contributed by atoms with E-state index in [-0.39, 0.29) is 22.1 Å². The molecule has 0 bridgehead atoms. The molecule has 0 saturated carbocycles. The molecule has 0 spiro atoms. The van der Waals surface area contributed by atoms with Gasteiger partial charge in [-0.2, -0.15) is 0 Å². The predicted molar refractivity (Wildman–Crippen MR) is 87.4 cm³/mol. The first-order valence-electron chi connectivity index (χ1n) is 6.34. The monoisotopic (exact) mass is 374 g/mol. The fraction of sp³-hybridized carbons (Fsp3) is 0.133. The number of carboxylic acid groups (broad SMARTS) is 1. The molecule has 0 aromatic heterocycles. The van der Waals surface area contributed by atoms with Gasteiger partial charge in [-0.05, 0) is 42.0 Å². The van der Waals surface area contributed by atoms with Gasteiger partial charge in [0.25, 0.3) is 0 Å². The molecule has 2 rings (SSSR count). The van der Waals surface area contributed by atoms with Crippen molar-refractivity contribution < 1.29 is 23.1 Å². The van der Waals surface area contributed by atoms with Crippen molar-refractivity contribution in [1.29, 1.82) is 0 Å². The topological polar surface area (TPSA) is 80.7 Å². The number of rotatable bonds is 5. The molecule has 0 aliphatic carbocycles. The second kappa shape index (κ2) is 6.78. The molecule has 0 heterocycles. The number of benzene rings is 2. The van der Waals surface area contributed by atoms with E-state index < -0.39 is 15.8 Å². The van der Waals surface area contributed by atoms with Crippen LogP contribution in [0, 0.1) is 0 Å². The molecule has 0 atom stereocenters. The number of hydrogen-bond acceptors (Lipinski definition) is 4. The first kappa shape index (κ1) is 17.6. The van der Waals surface area contributed by atoms with Crippen molar-refractivity contribution >= 4 is 39.0 Å². The van der Waals surface area contributed by atoms with Crippen LogP contribution < -0.4 is 4.74 Å². The first-order chi connectivity index (χ1) is 10.6. The van der Waals surface area contributed by atoms with Gasteiger partial charge in [-0.1, -0.05) is 23.2 Å². The Morgan fingerprint density at radius 2 is 1.87 bits per heavy atom. The highest BCUT2D eigenvalue weighted by Gasteiger charge is 2.12. The summed E-state index contributed by atoms with van der Waals surface area (Å²) in [5.74, 6) is -0.445. The number of hydrogen-bond donors (Lipinski definition) is 1. The van der Waals surface area contributed by atoms with Crippen molar-refractivity contribution in [2.75, 3.05) is 6.26 Å². The lowest BCUT2D eigenvalue weighted by atomic mass is 10.1. The van der Waals surface area contributed by atoms with E-state index in [1.54, 1.807) is 0 Å². The quantitative estimate of drug-likeness (QED) is 0.860. The number of ether oxygens (including phenoxy) is 1. The maximum atomic E-state index is 11.5. The Morgan fingerprint density at radius 3 is 2.43 bits per heavy atom. The van der Waals surface area contributed by atoms with Crippen LogP contribution in [0.2, 0.25) is 10.0 Å². The van der Waals surface area contributed by atoms with E-state index in [0.29, 0.717) is 16.3 Å². The Balaban J connectivity index is 2.32. The predicted octanol–water partition coefficient (Wildman–Crippen LogP) is 3.82. The Hall–Kier alpha value is -1.76. The molecule has 122 valence electrons.